The lowest BCUT2D eigenvalue weighted by atomic mass is 10.1. The highest BCUT2D eigenvalue weighted by molar-refractivity contribution is 5.33. The Labute approximate surface area is 114 Å². The quantitative estimate of drug-likeness (QED) is 0.832. The molecule has 1 aliphatic heterocycles. The van der Waals surface area contributed by atoms with Crippen molar-refractivity contribution in [1.29, 1.82) is 5.26 Å². The lowest BCUT2D eigenvalue weighted by Crippen LogP contribution is -2.46. The fourth-order valence-electron chi connectivity index (χ4n) is 2.49. The van der Waals surface area contributed by atoms with Crippen LogP contribution in [0.2, 0.25) is 0 Å². The molecule has 102 valence electrons. The second-order valence-corrected chi connectivity index (χ2v) is 5.04. The van der Waals surface area contributed by atoms with Gasteiger partial charge in [-0.3, -0.25) is 4.90 Å². The zero-order valence-corrected chi connectivity index (χ0v) is 11.4. The first-order chi connectivity index (χ1) is 9.22. The van der Waals surface area contributed by atoms with Gasteiger partial charge >= 0.3 is 0 Å². The number of hydrogen-bond acceptors (Lipinski definition) is 3. The van der Waals surface area contributed by atoms with E-state index in [4.69, 9.17) is 5.26 Å². The van der Waals surface area contributed by atoms with E-state index >= 15 is 0 Å². The summed E-state index contributed by atoms with van der Waals surface area (Å²) in [5.41, 5.74) is 1.16. The molecular formula is C15H20FN3. The monoisotopic (exact) mass is 261 g/mol. The molecule has 4 heteroatoms. The van der Waals surface area contributed by atoms with Gasteiger partial charge in [-0.1, -0.05) is 6.92 Å². The van der Waals surface area contributed by atoms with Gasteiger partial charge in [0.15, 0.2) is 0 Å². The minimum absolute atomic E-state index is 0.213. The molecule has 0 aliphatic carbocycles. The van der Waals surface area contributed by atoms with E-state index in [2.05, 4.69) is 22.8 Å². The van der Waals surface area contributed by atoms with Gasteiger partial charge in [0.05, 0.1) is 11.6 Å². The van der Waals surface area contributed by atoms with Gasteiger partial charge < -0.3 is 4.90 Å². The molecule has 1 fully saturated rings. The van der Waals surface area contributed by atoms with E-state index < -0.39 is 0 Å². The van der Waals surface area contributed by atoms with Gasteiger partial charge in [0.25, 0.3) is 0 Å². The number of piperazine rings is 1. The van der Waals surface area contributed by atoms with Gasteiger partial charge in [0.2, 0.25) is 0 Å². The van der Waals surface area contributed by atoms with Crippen LogP contribution in [-0.2, 0) is 6.54 Å². The van der Waals surface area contributed by atoms with E-state index in [1.807, 2.05) is 0 Å². The molecule has 0 radical (unpaired) electrons. The van der Waals surface area contributed by atoms with Crippen LogP contribution in [0.4, 0.5) is 4.39 Å². The van der Waals surface area contributed by atoms with Crippen molar-refractivity contribution < 1.29 is 4.39 Å². The first-order valence-corrected chi connectivity index (χ1v) is 6.86. The third kappa shape index (κ3) is 3.76. The lowest BCUT2D eigenvalue weighted by Gasteiger charge is -2.34. The molecule has 0 unspecified atom stereocenters. The Morgan fingerprint density at radius 2 is 1.89 bits per heavy atom. The van der Waals surface area contributed by atoms with Crippen molar-refractivity contribution in [2.45, 2.75) is 19.9 Å². The van der Waals surface area contributed by atoms with Gasteiger partial charge in [-0.25, -0.2) is 4.39 Å². The average Bonchev–Trinajstić information content (AvgIpc) is 2.44. The van der Waals surface area contributed by atoms with Crippen LogP contribution in [0, 0.1) is 17.1 Å². The normalized spacial score (nSPS) is 17.3. The first-order valence-electron chi connectivity index (χ1n) is 6.86. The van der Waals surface area contributed by atoms with E-state index in [9.17, 15) is 4.39 Å². The number of hydrogen-bond donors (Lipinski definition) is 0. The number of nitriles is 1. The second-order valence-electron chi connectivity index (χ2n) is 5.04. The first kappa shape index (κ1) is 14.0. The van der Waals surface area contributed by atoms with Crippen molar-refractivity contribution in [1.82, 2.24) is 9.80 Å². The summed E-state index contributed by atoms with van der Waals surface area (Å²) < 4.78 is 13.7. The Bertz CT molecular complexity index is 459. The van der Waals surface area contributed by atoms with Crippen LogP contribution in [0.3, 0.4) is 0 Å². The van der Waals surface area contributed by atoms with Gasteiger partial charge in [0.1, 0.15) is 5.82 Å². The molecule has 1 aromatic carbocycles. The molecule has 2 rings (SSSR count). The number of nitrogens with zero attached hydrogens (tertiary/aromatic N) is 3. The van der Waals surface area contributed by atoms with Gasteiger partial charge in [-0.2, -0.15) is 5.26 Å². The minimum atomic E-state index is -0.213. The maximum Gasteiger partial charge on any atom is 0.127 e. The van der Waals surface area contributed by atoms with Crippen LogP contribution in [0.5, 0.6) is 0 Å². The Morgan fingerprint density at radius 1 is 1.21 bits per heavy atom. The van der Waals surface area contributed by atoms with E-state index in [-0.39, 0.29) is 5.82 Å². The molecule has 1 aromatic rings. The Kier molecular flexibility index (Phi) is 4.89. The standard InChI is InChI=1S/C15H20FN3/c1-2-5-18-6-8-19(9-7-18)12-14-10-13(11-17)3-4-15(14)16/h3-4,10H,2,5-9,12H2,1H3. The van der Waals surface area contributed by atoms with Crippen LogP contribution >= 0.6 is 0 Å². The topological polar surface area (TPSA) is 30.3 Å². The molecule has 0 atom stereocenters. The second kappa shape index (κ2) is 6.65. The van der Waals surface area contributed by atoms with Crippen molar-refractivity contribution in [2.24, 2.45) is 0 Å². The molecule has 0 spiro atoms. The van der Waals surface area contributed by atoms with Crippen molar-refractivity contribution in [2.75, 3.05) is 32.7 Å². The summed E-state index contributed by atoms with van der Waals surface area (Å²) in [4.78, 5) is 4.70. The molecule has 3 nitrogen and oxygen atoms in total. The molecule has 0 bridgehead atoms. The smallest absolute Gasteiger partial charge is 0.127 e. The summed E-state index contributed by atoms with van der Waals surface area (Å²) in [6.07, 6.45) is 1.18. The third-order valence-electron chi connectivity index (χ3n) is 3.57. The maximum absolute atomic E-state index is 13.7. The lowest BCUT2D eigenvalue weighted by molar-refractivity contribution is 0.126. The summed E-state index contributed by atoms with van der Waals surface area (Å²) in [6, 6.07) is 6.64. The van der Waals surface area contributed by atoms with E-state index in [1.54, 1.807) is 6.07 Å². The van der Waals surface area contributed by atoms with Gasteiger partial charge in [-0.15, -0.1) is 0 Å². The highest BCUT2D eigenvalue weighted by Gasteiger charge is 2.17. The van der Waals surface area contributed by atoms with Crippen LogP contribution in [0.15, 0.2) is 18.2 Å². The largest absolute Gasteiger partial charge is 0.301 e. The highest BCUT2D eigenvalue weighted by atomic mass is 19.1. The van der Waals surface area contributed by atoms with Crippen LogP contribution in [-0.4, -0.2) is 42.5 Å². The van der Waals surface area contributed by atoms with Gasteiger partial charge in [0, 0.05) is 38.3 Å². The molecule has 1 aliphatic rings. The number of rotatable bonds is 4. The minimum Gasteiger partial charge on any atom is -0.301 e. The fraction of sp³-hybridized carbons (Fsp3) is 0.533. The maximum atomic E-state index is 13.7. The predicted octanol–water partition coefficient (Wildman–Crippen LogP) is 2.22. The van der Waals surface area contributed by atoms with Crippen LogP contribution in [0.1, 0.15) is 24.5 Å². The molecule has 0 N–H and O–H groups in total. The molecule has 19 heavy (non-hydrogen) atoms. The Hall–Kier alpha value is -1.44. The Balaban J connectivity index is 1.94. The van der Waals surface area contributed by atoms with Crippen molar-refractivity contribution in [3.63, 3.8) is 0 Å². The Morgan fingerprint density at radius 3 is 2.53 bits per heavy atom. The number of benzene rings is 1. The van der Waals surface area contributed by atoms with Crippen molar-refractivity contribution in [3.8, 4) is 6.07 Å². The summed E-state index contributed by atoms with van der Waals surface area (Å²) >= 11 is 0. The molecule has 1 saturated heterocycles. The summed E-state index contributed by atoms with van der Waals surface area (Å²) in [5, 5.41) is 8.86. The SMILES string of the molecule is CCCN1CCN(Cc2cc(C#N)ccc2F)CC1. The zero-order chi connectivity index (χ0) is 13.7. The van der Waals surface area contributed by atoms with E-state index in [0.29, 0.717) is 17.7 Å². The predicted molar refractivity (Wildman–Crippen MR) is 73.1 cm³/mol. The van der Waals surface area contributed by atoms with Gasteiger partial charge in [-0.05, 0) is 31.2 Å². The molecule has 0 aromatic heterocycles. The average molecular weight is 261 g/mol. The fourth-order valence-corrected chi connectivity index (χ4v) is 2.49. The zero-order valence-electron chi connectivity index (χ0n) is 11.4. The molecule has 1 heterocycles. The highest BCUT2D eigenvalue weighted by Crippen LogP contribution is 2.14. The third-order valence-corrected chi connectivity index (χ3v) is 3.57. The summed E-state index contributed by atoms with van der Waals surface area (Å²) in [7, 11) is 0. The van der Waals surface area contributed by atoms with Crippen LogP contribution < -0.4 is 0 Å². The van der Waals surface area contributed by atoms with Crippen molar-refractivity contribution >= 4 is 0 Å². The molecular weight excluding hydrogens is 241 g/mol. The number of halogens is 1. The van der Waals surface area contributed by atoms with E-state index in [1.165, 1.54) is 18.6 Å². The van der Waals surface area contributed by atoms with Crippen molar-refractivity contribution in [3.05, 3.63) is 35.1 Å². The van der Waals surface area contributed by atoms with Crippen LogP contribution in [0.25, 0.3) is 0 Å². The van der Waals surface area contributed by atoms with E-state index in [0.717, 1.165) is 32.7 Å². The summed E-state index contributed by atoms with van der Waals surface area (Å²) in [6.45, 7) is 7.97. The molecule has 0 saturated carbocycles. The summed E-state index contributed by atoms with van der Waals surface area (Å²) in [5.74, 6) is -0.213. The molecule has 0 amide bonds.